The van der Waals surface area contributed by atoms with Crippen LogP contribution in [-0.2, 0) is 9.53 Å². The van der Waals surface area contributed by atoms with Crippen LogP contribution in [-0.4, -0.2) is 19.4 Å². The Labute approximate surface area is 137 Å². The van der Waals surface area contributed by atoms with Gasteiger partial charge in [0.2, 0.25) is 0 Å². The molecule has 2 rings (SSSR count). The van der Waals surface area contributed by atoms with E-state index in [0.29, 0.717) is 5.56 Å². The third kappa shape index (κ3) is 3.99. The molecule has 0 heterocycles. The van der Waals surface area contributed by atoms with Crippen molar-refractivity contribution in [2.45, 2.75) is 20.2 Å². The number of hydrogen-bond donors (Lipinski definition) is 0. The molecule has 2 atom stereocenters. The first-order valence-corrected chi connectivity index (χ1v) is 7.25. The third-order valence-electron chi connectivity index (χ3n) is 4.05. The zero-order valence-electron chi connectivity index (χ0n) is 12.8. The maximum Gasteiger partial charge on any atom is 0.573 e. The maximum atomic E-state index is 12.2. The molecule has 1 aromatic carbocycles. The van der Waals surface area contributed by atoms with Crippen LogP contribution < -0.4 is 4.74 Å². The number of alkyl halides is 3. The van der Waals surface area contributed by atoms with E-state index in [4.69, 9.17) is 16.3 Å². The van der Waals surface area contributed by atoms with Crippen LogP contribution in [0.15, 0.2) is 24.3 Å². The van der Waals surface area contributed by atoms with Gasteiger partial charge in [0, 0.05) is 0 Å². The second kappa shape index (κ2) is 6.07. The highest BCUT2D eigenvalue weighted by Gasteiger charge is 2.61. The smallest absolute Gasteiger partial charge is 0.469 e. The van der Waals surface area contributed by atoms with Gasteiger partial charge < -0.3 is 9.47 Å². The molecule has 7 heteroatoms. The molecule has 1 aliphatic carbocycles. The summed E-state index contributed by atoms with van der Waals surface area (Å²) >= 11 is 5.97. The Hall–Kier alpha value is -1.69. The number of methoxy groups -OCH3 is 1. The summed E-state index contributed by atoms with van der Waals surface area (Å²) in [6.07, 6.45) is -1.24. The van der Waals surface area contributed by atoms with Gasteiger partial charge in [0.1, 0.15) is 5.75 Å². The lowest BCUT2D eigenvalue weighted by Crippen LogP contribution is -2.17. The third-order valence-corrected chi connectivity index (χ3v) is 4.38. The maximum absolute atomic E-state index is 12.2. The highest BCUT2D eigenvalue weighted by molar-refractivity contribution is 6.32. The van der Waals surface area contributed by atoms with Gasteiger partial charge in [-0.15, -0.1) is 13.2 Å². The van der Waals surface area contributed by atoms with Crippen LogP contribution in [0.2, 0.25) is 5.02 Å². The molecule has 0 N–H and O–H groups in total. The van der Waals surface area contributed by atoms with E-state index in [1.165, 1.54) is 19.2 Å². The Morgan fingerprint density at radius 2 is 2.00 bits per heavy atom. The molecule has 23 heavy (non-hydrogen) atoms. The van der Waals surface area contributed by atoms with Crippen molar-refractivity contribution >= 4 is 23.6 Å². The summed E-state index contributed by atoms with van der Waals surface area (Å²) in [5, 5.41) is 0.135. The van der Waals surface area contributed by atoms with E-state index in [2.05, 4.69) is 4.74 Å². The number of ether oxygens (including phenoxy) is 2. The molecule has 1 saturated carbocycles. The van der Waals surface area contributed by atoms with Crippen LogP contribution in [0.25, 0.3) is 6.08 Å². The van der Waals surface area contributed by atoms with Gasteiger partial charge >= 0.3 is 12.3 Å². The summed E-state index contributed by atoms with van der Waals surface area (Å²) in [6.45, 7) is 3.90. The number of rotatable bonds is 4. The van der Waals surface area contributed by atoms with Crippen LogP contribution in [0.4, 0.5) is 13.2 Å². The molecule has 1 fully saturated rings. The minimum atomic E-state index is -4.76. The summed E-state index contributed by atoms with van der Waals surface area (Å²) < 4.78 is 45.0. The SMILES string of the molecule is COC(=O)C1C(/C=C/c2ccc(OC(F)(F)F)cc2Cl)C1(C)C. The van der Waals surface area contributed by atoms with Crippen molar-refractivity contribution in [1.82, 2.24) is 0 Å². The number of carbonyl (C=O) groups excluding carboxylic acids is 1. The molecule has 0 amide bonds. The standard InChI is InChI=1S/C16H16ClF3O3/c1-15(2)11(13(15)14(21)22-3)7-5-9-4-6-10(8-12(9)17)23-16(18,19)20/h4-8,11,13H,1-3H3/b7-5+. The predicted octanol–water partition coefficient (Wildman–Crippen LogP) is 4.70. The monoisotopic (exact) mass is 348 g/mol. The van der Waals surface area contributed by atoms with Crippen molar-refractivity contribution in [1.29, 1.82) is 0 Å². The van der Waals surface area contributed by atoms with Crippen molar-refractivity contribution in [3.05, 3.63) is 34.9 Å². The Balaban J connectivity index is 2.11. The molecular weight excluding hydrogens is 333 g/mol. The van der Waals surface area contributed by atoms with Crippen LogP contribution in [0.5, 0.6) is 5.75 Å². The van der Waals surface area contributed by atoms with Gasteiger partial charge in [-0.2, -0.15) is 0 Å². The number of hydrogen-bond acceptors (Lipinski definition) is 3. The van der Waals surface area contributed by atoms with Gasteiger partial charge in [-0.1, -0.05) is 37.6 Å². The van der Waals surface area contributed by atoms with Crippen molar-refractivity contribution in [2.75, 3.05) is 7.11 Å². The Kier molecular flexibility index (Phi) is 4.66. The lowest BCUT2D eigenvalue weighted by molar-refractivity contribution is -0.274. The second-order valence-electron chi connectivity index (χ2n) is 5.94. The van der Waals surface area contributed by atoms with Crippen LogP contribution in [0.3, 0.4) is 0 Å². The number of allylic oxidation sites excluding steroid dienone is 1. The zero-order chi connectivity index (χ0) is 17.4. The number of carbonyl (C=O) groups is 1. The van der Waals surface area contributed by atoms with E-state index in [1.54, 1.807) is 6.08 Å². The van der Waals surface area contributed by atoms with Crippen LogP contribution in [0.1, 0.15) is 19.4 Å². The Bertz CT molecular complexity index is 638. The Morgan fingerprint density at radius 3 is 2.52 bits per heavy atom. The minimum absolute atomic E-state index is 0.00267. The predicted molar refractivity (Wildman–Crippen MR) is 79.9 cm³/mol. The Morgan fingerprint density at radius 1 is 1.35 bits per heavy atom. The van der Waals surface area contributed by atoms with E-state index in [9.17, 15) is 18.0 Å². The molecular formula is C16H16ClF3O3. The summed E-state index contributed by atoms with van der Waals surface area (Å²) in [4.78, 5) is 11.7. The summed E-state index contributed by atoms with van der Waals surface area (Å²) in [6, 6.07) is 3.72. The molecule has 0 radical (unpaired) electrons. The summed E-state index contributed by atoms with van der Waals surface area (Å²) in [5.41, 5.74) is 0.336. The van der Waals surface area contributed by atoms with Crippen LogP contribution in [0, 0.1) is 17.3 Å². The average Bonchev–Trinajstić information content (AvgIpc) is 2.96. The molecule has 0 bridgehead atoms. The first kappa shape index (κ1) is 17.7. The fraction of sp³-hybridized carbons (Fsp3) is 0.438. The van der Waals surface area contributed by atoms with Gasteiger partial charge in [-0.25, -0.2) is 0 Å². The van der Waals surface area contributed by atoms with E-state index in [-0.39, 0.29) is 34.0 Å². The average molecular weight is 349 g/mol. The number of halogens is 4. The highest BCUT2D eigenvalue weighted by atomic mass is 35.5. The van der Waals surface area contributed by atoms with E-state index >= 15 is 0 Å². The first-order chi connectivity index (χ1) is 10.6. The van der Waals surface area contributed by atoms with Gasteiger partial charge in [-0.05, 0) is 35.1 Å². The highest BCUT2D eigenvalue weighted by Crippen LogP contribution is 2.59. The fourth-order valence-corrected chi connectivity index (χ4v) is 2.90. The largest absolute Gasteiger partial charge is 0.573 e. The molecule has 0 aromatic heterocycles. The number of esters is 1. The van der Waals surface area contributed by atoms with Crippen molar-refractivity contribution in [3.63, 3.8) is 0 Å². The van der Waals surface area contributed by atoms with Gasteiger partial charge in [0.15, 0.2) is 0 Å². The molecule has 2 unspecified atom stereocenters. The van der Waals surface area contributed by atoms with Crippen LogP contribution >= 0.6 is 11.6 Å². The minimum Gasteiger partial charge on any atom is -0.469 e. The molecule has 126 valence electrons. The molecule has 1 aromatic rings. The topological polar surface area (TPSA) is 35.5 Å². The van der Waals surface area contributed by atoms with Gasteiger partial charge in [0.25, 0.3) is 0 Å². The summed E-state index contributed by atoms with van der Waals surface area (Å²) in [5.74, 6) is -0.879. The lowest BCUT2D eigenvalue weighted by atomic mass is 10.1. The van der Waals surface area contributed by atoms with E-state index in [1.807, 2.05) is 19.9 Å². The van der Waals surface area contributed by atoms with Gasteiger partial charge in [0.05, 0.1) is 18.1 Å². The van der Waals surface area contributed by atoms with Crippen molar-refractivity contribution in [2.24, 2.45) is 17.3 Å². The van der Waals surface area contributed by atoms with Crippen molar-refractivity contribution in [3.8, 4) is 5.75 Å². The van der Waals surface area contributed by atoms with Gasteiger partial charge in [-0.3, -0.25) is 4.79 Å². The second-order valence-corrected chi connectivity index (χ2v) is 6.35. The lowest BCUT2D eigenvalue weighted by Gasteiger charge is -2.09. The zero-order valence-corrected chi connectivity index (χ0v) is 13.5. The quantitative estimate of drug-likeness (QED) is 0.740. The molecule has 3 nitrogen and oxygen atoms in total. The molecule has 1 aliphatic rings. The van der Waals surface area contributed by atoms with E-state index < -0.39 is 6.36 Å². The normalized spacial score (nSPS) is 22.9. The van der Waals surface area contributed by atoms with E-state index in [0.717, 1.165) is 6.07 Å². The molecule has 0 saturated heterocycles. The fourth-order valence-electron chi connectivity index (χ4n) is 2.66. The molecule has 0 spiro atoms. The summed E-state index contributed by atoms with van der Waals surface area (Å²) in [7, 11) is 1.34. The number of benzene rings is 1. The first-order valence-electron chi connectivity index (χ1n) is 6.87. The van der Waals surface area contributed by atoms with Crippen molar-refractivity contribution < 1.29 is 27.4 Å². The molecule has 0 aliphatic heterocycles.